The third kappa shape index (κ3) is 3.14. The molecule has 2 N–H and O–H groups in total. The summed E-state index contributed by atoms with van der Waals surface area (Å²) in [5, 5.41) is 16.1. The second kappa shape index (κ2) is 6.60. The van der Waals surface area contributed by atoms with Crippen molar-refractivity contribution in [1.82, 2.24) is 10.2 Å². The number of aryl methyl sites for hydroxylation is 1. The lowest BCUT2D eigenvalue weighted by atomic mass is 9.78. The molecule has 2 aromatic rings. The zero-order valence-corrected chi connectivity index (χ0v) is 14.5. The van der Waals surface area contributed by atoms with E-state index in [1.807, 2.05) is 0 Å². The van der Waals surface area contributed by atoms with E-state index in [1.54, 1.807) is 0 Å². The number of nitrogens with one attached hydrogen (secondary N) is 1. The first-order valence-corrected chi connectivity index (χ1v) is 8.58. The fourth-order valence-corrected chi connectivity index (χ4v) is 3.85. The van der Waals surface area contributed by atoms with Gasteiger partial charge in [0.1, 0.15) is 0 Å². The van der Waals surface area contributed by atoms with Gasteiger partial charge >= 0.3 is 0 Å². The van der Waals surface area contributed by atoms with Crippen molar-refractivity contribution in [2.24, 2.45) is 5.41 Å². The summed E-state index contributed by atoms with van der Waals surface area (Å²) in [5.74, 6) is 0. The van der Waals surface area contributed by atoms with E-state index in [4.69, 9.17) is 0 Å². The summed E-state index contributed by atoms with van der Waals surface area (Å²) >= 11 is 0. The van der Waals surface area contributed by atoms with Gasteiger partial charge in [-0.15, -0.1) is 0 Å². The first-order valence-electron chi connectivity index (χ1n) is 8.58. The van der Waals surface area contributed by atoms with Crippen LogP contribution in [0.25, 0.3) is 10.8 Å². The summed E-state index contributed by atoms with van der Waals surface area (Å²) in [7, 11) is 0. The van der Waals surface area contributed by atoms with Crippen LogP contribution in [0, 0.1) is 12.3 Å². The van der Waals surface area contributed by atoms with Crippen LogP contribution in [0.2, 0.25) is 0 Å². The van der Waals surface area contributed by atoms with Gasteiger partial charge in [0.25, 0.3) is 0 Å². The maximum Gasteiger partial charge on any atom is 0.0500 e. The lowest BCUT2D eigenvalue weighted by Crippen LogP contribution is -2.49. The Bertz CT molecular complexity index is 674. The highest BCUT2D eigenvalue weighted by molar-refractivity contribution is 5.89. The van der Waals surface area contributed by atoms with Gasteiger partial charge in [-0.25, -0.2) is 0 Å². The van der Waals surface area contributed by atoms with Crippen molar-refractivity contribution in [2.75, 3.05) is 32.8 Å². The fraction of sp³-hybridized carbons (Fsp3) is 0.500. The molecule has 23 heavy (non-hydrogen) atoms. The molecule has 3 nitrogen and oxygen atoms in total. The topological polar surface area (TPSA) is 35.5 Å². The van der Waals surface area contributed by atoms with E-state index in [2.05, 4.69) is 67.4 Å². The zero-order valence-electron chi connectivity index (χ0n) is 14.5. The van der Waals surface area contributed by atoms with Crippen molar-refractivity contribution in [2.45, 2.75) is 26.8 Å². The van der Waals surface area contributed by atoms with Crippen LogP contribution >= 0.6 is 0 Å². The summed E-state index contributed by atoms with van der Waals surface area (Å²) in [6.07, 6.45) is 0. The van der Waals surface area contributed by atoms with E-state index in [-0.39, 0.29) is 18.1 Å². The Kier molecular flexibility index (Phi) is 4.72. The number of hydrogen-bond donors (Lipinski definition) is 2. The van der Waals surface area contributed by atoms with Crippen molar-refractivity contribution in [3.05, 3.63) is 47.5 Å². The van der Waals surface area contributed by atoms with Gasteiger partial charge in [-0.2, -0.15) is 0 Å². The molecule has 3 rings (SSSR count). The van der Waals surface area contributed by atoms with E-state index in [9.17, 15) is 5.11 Å². The first-order chi connectivity index (χ1) is 11.0. The predicted octanol–water partition coefficient (Wildman–Crippen LogP) is 3.11. The largest absolute Gasteiger partial charge is 0.396 e. The molecule has 1 saturated heterocycles. The van der Waals surface area contributed by atoms with Gasteiger partial charge < -0.3 is 10.4 Å². The summed E-state index contributed by atoms with van der Waals surface area (Å²) in [5.41, 5.74) is 2.47. The van der Waals surface area contributed by atoms with Gasteiger partial charge in [-0.05, 0) is 28.8 Å². The smallest absolute Gasteiger partial charge is 0.0500 e. The monoisotopic (exact) mass is 312 g/mol. The van der Waals surface area contributed by atoms with Gasteiger partial charge in [0, 0.05) is 44.2 Å². The normalized spacial score (nSPS) is 18.3. The zero-order chi connectivity index (χ0) is 16.4. The summed E-state index contributed by atoms with van der Waals surface area (Å²) in [6.45, 7) is 10.8. The van der Waals surface area contributed by atoms with E-state index in [0.717, 1.165) is 26.2 Å². The van der Waals surface area contributed by atoms with E-state index in [1.165, 1.54) is 21.9 Å². The predicted molar refractivity (Wildman–Crippen MR) is 96.7 cm³/mol. The molecule has 3 heteroatoms. The Hall–Kier alpha value is -1.42. The second-order valence-electron chi connectivity index (χ2n) is 7.35. The summed E-state index contributed by atoms with van der Waals surface area (Å²) < 4.78 is 0. The molecule has 1 aliphatic rings. The van der Waals surface area contributed by atoms with Crippen LogP contribution in [0.15, 0.2) is 36.4 Å². The van der Waals surface area contributed by atoms with Crippen LogP contribution in [0.3, 0.4) is 0 Å². The number of fused-ring (bicyclic) bond motifs is 1. The van der Waals surface area contributed by atoms with Gasteiger partial charge in [0.05, 0.1) is 0 Å². The summed E-state index contributed by atoms with van der Waals surface area (Å²) in [4.78, 5) is 2.53. The second-order valence-corrected chi connectivity index (χ2v) is 7.35. The SMILES string of the molecule is Cc1ccc([C@@H](N2CCNCC2)C(C)(C)CO)c2ccccc12. The van der Waals surface area contributed by atoms with E-state index in [0.29, 0.717) is 0 Å². The van der Waals surface area contributed by atoms with Crippen molar-refractivity contribution in [3.63, 3.8) is 0 Å². The van der Waals surface area contributed by atoms with Crippen molar-refractivity contribution < 1.29 is 5.11 Å². The minimum atomic E-state index is -0.185. The minimum absolute atomic E-state index is 0.184. The van der Waals surface area contributed by atoms with Gasteiger partial charge in [0.2, 0.25) is 0 Å². The molecule has 0 unspecified atom stereocenters. The van der Waals surface area contributed by atoms with Crippen LogP contribution in [-0.4, -0.2) is 42.8 Å². The Balaban J connectivity index is 2.15. The Morgan fingerprint density at radius 3 is 2.39 bits per heavy atom. The molecule has 0 saturated carbocycles. The Morgan fingerprint density at radius 1 is 1.09 bits per heavy atom. The van der Waals surface area contributed by atoms with Crippen LogP contribution in [0.1, 0.15) is 31.0 Å². The average Bonchev–Trinajstić information content (AvgIpc) is 2.58. The minimum Gasteiger partial charge on any atom is -0.396 e. The highest BCUT2D eigenvalue weighted by atomic mass is 16.3. The molecular weight excluding hydrogens is 284 g/mol. The molecule has 0 radical (unpaired) electrons. The maximum absolute atomic E-state index is 10.0. The molecule has 0 bridgehead atoms. The number of benzene rings is 2. The van der Waals surface area contributed by atoms with Gasteiger partial charge in [0.15, 0.2) is 0 Å². The highest BCUT2D eigenvalue weighted by Crippen LogP contribution is 2.41. The molecule has 0 amide bonds. The lowest BCUT2D eigenvalue weighted by molar-refractivity contribution is 0.0313. The third-order valence-corrected chi connectivity index (χ3v) is 5.13. The number of aliphatic hydroxyl groups excluding tert-OH is 1. The molecule has 0 aromatic heterocycles. The lowest BCUT2D eigenvalue weighted by Gasteiger charge is -2.44. The van der Waals surface area contributed by atoms with Crippen LogP contribution in [0.5, 0.6) is 0 Å². The number of aliphatic hydroxyl groups is 1. The molecule has 0 aliphatic carbocycles. The van der Waals surface area contributed by atoms with E-state index >= 15 is 0 Å². The number of nitrogens with zero attached hydrogens (tertiary/aromatic N) is 1. The first kappa shape index (κ1) is 16.4. The van der Waals surface area contributed by atoms with Gasteiger partial charge in [-0.3, -0.25) is 4.90 Å². The molecule has 1 fully saturated rings. The number of hydrogen-bond acceptors (Lipinski definition) is 3. The standard InChI is InChI=1S/C20H28N2O/c1-15-8-9-18(17-7-5-4-6-16(15)17)19(20(2,3)14-23)22-12-10-21-11-13-22/h4-9,19,21,23H,10-14H2,1-3H3/t19-/m1/s1. The highest BCUT2D eigenvalue weighted by Gasteiger charge is 2.36. The molecule has 0 spiro atoms. The molecule has 124 valence electrons. The van der Waals surface area contributed by atoms with Crippen LogP contribution in [-0.2, 0) is 0 Å². The van der Waals surface area contributed by atoms with Crippen LogP contribution in [0.4, 0.5) is 0 Å². The van der Waals surface area contributed by atoms with Crippen molar-refractivity contribution >= 4 is 10.8 Å². The quantitative estimate of drug-likeness (QED) is 0.910. The number of piperazine rings is 1. The third-order valence-electron chi connectivity index (χ3n) is 5.13. The fourth-order valence-electron chi connectivity index (χ4n) is 3.85. The molecule has 2 aromatic carbocycles. The molecular formula is C20H28N2O. The van der Waals surface area contributed by atoms with Crippen LogP contribution < -0.4 is 5.32 Å². The Labute approximate surface area is 139 Å². The Morgan fingerprint density at radius 2 is 1.74 bits per heavy atom. The molecule has 1 aliphatic heterocycles. The summed E-state index contributed by atoms with van der Waals surface area (Å²) in [6, 6.07) is 13.4. The van der Waals surface area contributed by atoms with Crippen molar-refractivity contribution in [1.29, 1.82) is 0 Å². The molecule has 1 atom stereocenters. The maximum atomic E-state index is 10.0. The van der Waals surface area contributed by atoms with E-state index < -0.39 is 0 Å². The van der Waals surface area contributed by atoms with Crippen molar-refractivity contribution in [3.8, 4) is 0 Å². The molecule has 1 heterocycles. The average molecular weight is 312 g/mol. The van der Waals surface area contributed by atoms with Gasteiger partial charge in [-0.1, -0.05) is 50.2 Å². The number of rotatable bonds is 4.